The van der Waals surface area contributed by atoms with Gasteiger partial charge in [0.1, 0.15) is 5.82 Å². The van der Waals surface area contributed by atoms with Crippen LogP contribution in [0.25, 0.3) is 0 Å². The van der Waals surface area contributed by atoms with Gasteiger partial charge in [0.15, 0.2) is 5.78 Å². The minimum absolute atomic E-state index is 0.0428. The Bertz CT molecular complexity index is 813. The molecule has 3 atom stereocenters. The Balaban J connectivity index is 1.18. The second kappa shape index (κ2) is 11.8. The molecule has 1 aliphatic heterocycles. The zero-order chi connectivity index (χ0) is 24.1. The van der Waals surface area contributed by atoms with E-state index in [1.54, 1.807) is 12.1 Å². The molecule has 0 aromatic heterocycles. The van der Waals surface area contributed by atoms with E-state index in [2.05, 4.69) is 4.90 Å². The van der Waals surface area contributed by atoms with Gasteiger partial charge in [0.25, 0.3) is 0 Å². The highest BCUT2D eigenvalue weighted by atomic mass is 19.1. The molecule has 3 aliphatic rings. The number of likely N-dealkylation sites (tertiary alicyclic amines) is 1. The Morgan fingerprint density at radius 3 is 2.26 bits per heavy atom. The van der Waals surface area contributed by atoms with E-state index in [1.165, 1.54) is 18.6 Å². The van der Waals surface area contributed by atoms with Crippen LogP contribution >= 0.6 is 0 Å². The predicted molar refractivity (Wildman–Crippen MR) is 131 cm³/mol. The summed E-state index contributed by atoms with van der Waals surface area (Å²) in [5.41, 5.74) is 6.46. The standard InChI is InChI=1S/C28H41FN2O3/c29-24-10-8-21(9-11-24)27(33)22-13-16-31(17-14-22)15-12-19-4-6-20(7-5-19)26(28(30)34)23-2-1-3-25(32)18-23/h8-11,19-20,22-23,25-26,32H,1-7,12-18H2,(H2,30,34). The highest BCUT2D eigenvalue weighted by molar-refractivity contribution is 5.97. The summed E-state index contributed by atoms with van der Waals surface area (Å²) in [6, 6.07) is 5.92. The summed E-state index contributed by atoms with van der Waals surface area (Å²) in [4.78, 5) is 27.5. The molecule has 6 heteroatoms. The minimum atomic E-state index is -0.307. The topological polar surface area (TPSA) is 83.6 Å². The van der Waals surface area contributed by atoms with Crippen molar-refractivity contribution in [3.63, 3.8) is 0 Å². The summed E-state index contributed by atoms with van der Waals surface area (Å²) in [6.45, 7) is 2.96. The Kier molecular flexibility index (Phi) is 8.75. The van der Waals surface area contributed by atoms with E-state index >= 15 is 0 Å². The van der Waals surface area contributed by atoms with Gasteiger partial charge in [0.2, 0.25) is 5.91 Å². The van der Waals surface area contributed by atoms with Crippen LogP contribution in [-0.4, -0.2) is 47.4 Å². The number of rotatable bonds is 8. The van der Waals surface area contributed by atoms with Gasteiger partial charge in [-0.25, -0.2) is 4.39 Å². The van der Waals surface area contributed by atoms with Crippen LogP contribution in [0.1, 0.15) is 81.0 Å². The lowest BCUT2D eigenvalue weighted by Crippen LogP contribution is -2.40. The molecule has 0 radical (unpaired) electrons. The molecule has 3 N–H and O–H groups in total. The van der Waals surface area contributed by atoms with Crippen LogP contribution in [0.2, 0.25) is 0 Å². The Labute approximate surface area is 203 Å². The fourth-order valence-electron chi connectivity index (χ4n) is 6.85. The molecule has 2 saturated carbocycles. The summed E-state index contributed by atoms with van der Waals surface area (Å²) in [7, 11) is 0. The second-order valence-electron chi connectivity index (χ2n) is 11.1. The number of aliphatic hydroxyl groups excluding tert-OH is 1. The number of hydrogen-bond donors (Lipinski definition) is 2. The van der Waals surface area contributed by atoms with Crippen molar-refractivity contribution in [3.8, 4) is 0 Å². The van der Waals surface area contributed by atoms with Gasteiger partial charge in [0.05, 0.1) is 6.10 Å². The number of amides is 1. The maximum absolute atomic E-state index is 13.1. The van der Waals surface area contributed by atoms with Crippen LogP contribution in [-0.2, 0) is 4.79 Å². The summed E-state index contributed by atoms with van der Waals surface area (Å²) < 4.78 is 13.1. The first-order valence-electron chi connectivity index (χ1n) is 13.4. The molecule has 34 heavy (non-hydrogen) atoms. The lowest BCUT2D eigenvalue weighted by atomic mass is 9.67. The fourth-order valence-corrected chi connectivity index (χ4v) is 6.85. The number of ketones is 1. The number of primary amides is 1. The van der Waals surface area contributed by atoms with Gasteiger partial charge in [-0.2, -0.15) is 0 Å². The molecule has 1 amide bonds. The molecule has 5 nitrogen and oxygen atoms in total. The van der Waals surface area contributed by atoms with E-state index < -0.39 is 0 Å². The molecule has 1 aromatic carbocycles. The zero-order valence-electron chi connectivity index (χ0n) is 20.3. The van der Waals surface area contributed by atoms with Gasteiger partial charge < -0.3 is 15.7 Å². The zero-order valence-corrected chi connectivity index (χ0v) is 20.3. The molecule has 1 heterocycles. The molecular formula is C28H41FN2O3. The molecule has 4 rings (SSSR count). The number of aliphatic hydroxyl groups is 1. The Morgan fingerprint density at radius 1 is 0.971 bits per heavy atom. The smallest absolute Gasteiger partial charge is 0.221 e. The quantitative estimate of drug-likeness (QED) is 0.543. The highest BCUT2D eigenvalue weighted by Gasteiger charge is 2.38. The molecule has 0 bridgehead atoms. The van der Waals surface area contributed by atoms with Crippen LogP contribution < -0.4 is 5.73 Å². The van der Waals surface area contributed by atoms with Crippen molar-refractivity contribution in [1.29, 1.82) is 0 Å². The largest absolute Gasteiger partial charge is 0.393 e. The Morgan fingerprint density at radius 2 is 1.65 bits per heavy atom. The molecular weight excluding hydrogens is 431 g/mol. The first-order chi connectivity index (χ1) is 16.4. The number of carbonyl (C=O) groups excluding carboxylic acids is 2. The number of piperidine rings is 1. The summed E-state index contributed by atoms with van der Waals surface area (Å²) in [6.07, 6.45) is 10.7. The van der Waals surface area contributed by atoms with Gasteiger partial charge in [-0.05, 0) is 113 Å². The molecule has 188 valence electrons. The van der Waals surface area contributed by atoms with Gasteiger partial charge in [0, 0.05) is 17.4 Å². The summed E-state index contributed by atoms with van der Waals surface area (Å²) >= 11 is 0. The van der Waals surface area contributed by atoms with Crippen LogP contribution in [0.4, 0.5) is 4.39 Å². The van der Waals surface area contributed by atoms with Gasteiger partial charge >= 0.3 is 0 Å². The maximum Gasteiger partial charge on any atom is 0.221 e. The number of carbonyl (C=O) groups is 2. The number of halogens is 1. The highest BCUT2D eigenvalue weighted by Crippen LogP contribution is 2.42. The number of benzene rings is 1. The monoisotopic (exact) mass is 472 g/mol. The fraction of sp³-hybridized carbons (Fsp3) is 0.714. The number of Topliss-reactive ketones (excluding diaryl/α,β-unsaturated/α-hetero) is 1. The third kappa shape index (κ3) is 6.45. The SMILES string of the molecule is NC(=O)C(C1CCC(CCN2CCC(C(=O)c3ccc(F)cc3)CC2)CC1)C1CCCC(O)C1. The Hall–Kier alpha value is -1.79. The number of hydrogen-bond acceptors (Lipinski definition) is 4. The van der Waals surface area contributed by atoms with E-state index in [0.717, 1.165) is 83.8 Å². The minimum Gasteiger partial charge on any atom is -0.393 e. The van der Waals surface area contributed by atoms with E-state index in [1.807, 2.05) is 0 Å². The lowest BCUT2D eigenvalue weighted by Gasteiger charge is -2.39. The average Bonchev–Trinajstić information content (AvgIpc) is 2.84. The van der Waals surface area contributed by atoms with Crippen molar-refractivity contribution in [2.24, 2.45) is 35.3 Å². The first-order valence-corrected chi connectivity index (χ1v) is 13.4. The van der Waals surface area contributed by atoms with Gasteiger partial charge in [-0.1, -0.05) is 19.3 Å². The molecule has 2 aliphatic carbocycles. The van der Waals surface area contributed by atoms with E-state index in [9.17, 15) is 19.1 Å². The van der Waals surface area contributed by atoms with E-state index in [4.69, 9.17) is 5.73 Å². The van der Waals surface area contributed by atoms with Crippen LogP contribution in [0, 0.1) is 35.4 Å². The van der Waals surface area contributed by atoms with Crippen molar-refractivity contribution >= 4 is 11.7 Å². The van der Waals surface area contributed by atoms with Gasteiger partial charge in [-0.3, -0.25) is 9.59 Å². The summed E-state index contributed by atoms with van der Waals surface area (Å²) in [5.74, 6) is 0.959. The van der Waals surface area contributed by atoms with Crippen LogP contribution in [0.3, 0.4) is 0 Å². The van der Waals surface area contributed by atoms with Crippen molar-refractivity contribution in [3.05, 3.63) is 35.6 Å². The van der Waals surface area contributed by atoms with Crippen molar-refractivity contribution in [1.82, 2.24) is 4.90 Å². The van der Waals surface area contributed by atoms with Gasteiger partial charge in [-0.15, -0.1) is 0 Å². The third-order valence-corrected chi connectivity index (χ3v) is 8.86. The molecule has 1 saturated heterocycles. The molecule has 3 fully saturated rings. The van der Waals surface area contributed by atoms with Crippen molar-refractivity contribution in [2.45, 2.75) is 76.7 Å². The third-order valence-electron chi connectivity index (χ3n) is 8.86. The van der Waals surface area contributed by atoms with Crippen molar-refractivity contribution < 1.29 is 19.1 Å². The predicted octanol–water partition coefficient (Wildman–Crippen LogP) is 4.57. The normalized spacial score (nSPS) is 30.1. The average molecular weight is 473 g/mol. The first kappa shape index (κ1) is 25.3. The molecule has 3 unspecified atom stereocenters. The molecule has 1 aromatic rings. The second-order valence-corrected chi connectivity index (χ2v) is 11.1. The van der Waals surface area contributed by atoms with Crippen LogP contribution in [0.5, 0.6) is 0 Å². The van der Waals surface area contributed by atoms with Crippen molar-refractivity contribution in [2.75, 3.05) is 19.6 Å². The molecule has 0 spiro atoms. The number of nitrogens with zero attached hydrogens (tertiary/aromatic N) is 1. The number of nitrogens with two attached hydrogens (primary N) is 1. The van der Waals surface area contributed by atoms with E-state index in [-0.39, 0.29) is 41.4 Å². The maximum atomic E-state index is 13.1. The van der Waals surface area contributed by atoms with Crippen LogP contribution in [0.15, 0.2) is 24.3 Å². The lowest BCUT2D eigenvalue weighted by molar-refractivity contribution is -0.127. The van der Waals surface area contributed by atoms with E-state index in [0.29, 0.717) is 17.4 Å². The summed E-state index contributed by atoms with van der Waals surface area (Å²) in [5, 5.41) is 10.1.